The summed E-state index contributed by atoms with van der Waals surface area (Å²) in [5.74, 6) is 1.87. The minimum absolute atomic E-state index is 0.0230. The Bertz CT molecular complexity index is 601. The van der Waals surface area contributed by atoms with Crippen molar-refractivity contribution in [2.24, 2.45) is 0 Å². The summed E-state index contributed by atoms with van der Waals surface area (Å²) in [6, 6.07) is 3.92. The van der Waals surface area contributed by atoms with Crippen molar-refractivity contribution in [2.75, 3.05) is 25.6 Å². The molecule has 0 saturated carbocycles. The van der Waals surface area contributed by atoms with Crippen LogP contribution < -0.4 is 5.32 Å². The molecular formula is C14H18N4O3. The topological polar surface area (TPSA) is 82.3 Å². The van der Waals surface area contributed by atoms with Gasteiger partial charge in [-0.1, -0.05) is 5.16 Å². The van der Waals surface area contributed by atoms with Crippen LogP contribution in [0.5, 0.6) is 0 Å². The highest BCUT2D eigenvalue weighted by atomic mass is 16.5. The van der Waals surface area contributed by atoms with E-state index < -0.39 is 0 Å². The van der Waals surface area contributed by atoms with Gasteiger partial charge >= 0.3 is 0 Å². The van der Waals surface area contributed by atoms with E-state index in [1.165, 1.54) is 0 Å². The Morgan fingerprint density at radius 2 is 2.33 bits per heavy atom. The molecular weight excluding hydrogens is 272 g/mol. The maximum atomic E-state index is 5.44. The van der Waals surface area contributed by atoms with Gasteiger partial charge in [0.05, 0.1) is 12.6 Å². The maximum absolute atomic E-state index is 5.44. The molecule has 0 spiro atoms. The Morgan fingerprint density at radius 3 is 3.10 bits per heavy atom. The van der Waals surface area contributed by atoms with Crippen molar-refractivity contribution in [3.63, 3.8) is 0 Å². The number of aromatic nitrogens is 3. The fourth-order valence-electron chi connectivity index (χ4n) is 2.36. The molecule has 1 aliphatic heterocycles. The summed E-state index contributed by atoms with van der Waals surface area (Å²) in [4.78, 5) is 8.56. The second-order valence-corrected chi connectivity index (χ2v) is 4.97. The van der Waals surface area contributed by atoms with E-state index in [1.807, 2.05) is 12.1 Å². The van der Waals surface area contributed by atoms with E-state index in [4.69, 9.17) is 14.0 Å². The fourth-order valence-corrected chi connectivity index (χ4v) is 2.36. The number of hydrogen-bond donors (Lipinski definition) is 1. The minimum Gasteiger partial charge on any atom is -0.379 e. The SMILES string of the molecule is COC1COCCC1Nc1cc(-c2nc(C)no2)ccn1. The molecule has 7 heteroatoms. The van der Waals surface area contributed by atoms with Crippen molar-refractivity contribution >= 4 is 5.82 Å². The van der Waals surface area contributed by atoms with Crippen LogP contribution in [0.25, 0.3) is 11.5 Å². The molecule has 1 N–H and O–H groups in total. The molecule has 0 aliphatic carbocycles. The molecule has 0 radical (unpaired) electrons. The Balaban J connectivity index is 1.76. The van der Waals surface area contributed by atoms with E-state index >= 15 is 0 Å². The lowest BCUT2D eigenvalue weighted by molar-refractivity contribution is -0.0367. The maximum Gasteiger partial charge on any atom is 0.258 e. The molecule has 1 fully saturated rings. The third-order valence-corrected chi connectivity index (χ3v) is 3.47. The van der Waals surface area contributed by atoms with Gasteiger partial charge in [0.15, 0.2) is 5.82 Å². The minimum atomic E-state index is 0.0230. The predicted octanol–water partition coefficient (Wildman–Crippen LogP) is 1.66. The number of methoxy groups -OCH3 is 1. The number of ether oxygens (including phenoxy) is 2. The molecule has 1 aliphatic rings. The summed E-state index contributed by atoms with van der Waals surface area (Å²) in [6.07, 6.45) is 2.62. The van der Waals surface area contributed by atoms with Gasteiger partial charge in [-0.15, -0.1) is 0 Å². The van der Waals surface area contributed by atoms with Crippen LogP contribution in [0.4, 0.5) is 5.82 Å². The Hall–Kier alpha value is -1.99. The highest BCUT2D eigenvalue weighted by Crippen LogP contribution is 2.21. The lowest BCUT2D eigenvalue weighted by Gasteiger charge is -2.31. The number of nitrogens with zero attached hydrogens (tertiary/aromatic N) is 3. The van der Waals surface area contributed by atoms with Crippen LogP contribution in [0.2, 0.25) is 0 Å². The zero-order valence-electron chi connectivity index (χ0n) is 12.1. The van der Waals surface area contributed by atoms with Gasteiger partial charge < -0.3 is 19.3 Å². The molecule has 2 atom stereocenters. The summed E-state index contributed by atoms with van der Waals surface area (Å²) in [7, 11) is 1.69. The largest absolute Gasteiger partial charge is 0.379 e. The van der Waals surface area contributed by atoms with Crippen LogP contribution in [-0.4, -0.2) is 47.6 Å². The van der Waals surface area contributed by atoms with Gasteiger partial charge in [-0.2, -0.15) is 4.98 Å². The van der Waals surface area contributed by atoms with Gasteiger partial charge in [-0.05, 0) is 25.5 Å². The summed E-state index contributed by atoms with van der Waals surface area (Å²) in [5.41, 5.74) is 0.842. The lowest BCUT2D eigenvalue weighted by atomic mass is 10.1. The van der Waals surface area contributed by atoms with Gasteiger partial charge in [0.25, 0.3) is 5.89 Å². The van der Waals surface area contributed by atoms with Crippen LogP contribution in [0.15, 0.2) is 22.9 Å². The summed E-state index contributed by atoms with van der Waals surface area (Å²) >= 11 is 0. The number of anilines is 1. The molecule has 2 aromatic heterocycles. The fraction of sp³-hybridized carbons (Fsp3) is 0.500. The van der Waals surface area contributed by atoms with Crippen molar-refractivity contribution in [3.8, 4) is 11.5 Å². The zero-order valence-corrected chi connectivity index (χ0v) is 12.1. The average molecular weight is 290 g/mol. The van der Waals surface area contributed by atoms with Gasteiger partial charge in [-0.25, -0.2) is 4.98 Å². The molecule has 0 amide bonds. The van der Waals surface area contributed by atoms with E-state index in [2.05, 4.69) is 20.4 Å². The third-order valence-electron chi connectivity index (χ3n) is 3.47. The highest BCUT2D eigenvalue weighted by Gasteiger charge is 2.25. The normalized spacial score (nSPS) is 22.2. The second-order valence-electron chi connectivity index (χ2n) is 4.97. The molecule has 3 rings (SSSR count). The Kier molecular flexibility index (Phi) is 4.12. The van der Waals surface area contributed by atoms with Gasteiger partial charge in [-0.3, -0.25) is 0 Å². The molecule has 2 unspecified atom stereocenters. The first-order chi connectivity index (χ1) is 10.3. The molecule has 112 valence electrons. The monoisotopic (exact) mass is 290 g/mol. The smallest absolute Gasteiger partial charge is 0.258 e. The van der Waals surface area contributed by atoms with Crippen LogP contribution in [0, 0.1) is 6.92 Å². The van der Waals surface area contributed by atoms with Gasteiger partial charge in [0.2, 0.25) is 0 Å². The number of nitrogens with one attached hydrogen (secondary N) is 1. The Morgan fingerprint density at radius 1 is 1.43 bits per heavy atom. The first kappa shape index (κ1) is 14.0. The van der Waals surface area contributed by atoms with Crippen LogP contribution in [-0.2, 0) is 9.47 Å². The molecule has 1 saturated heterocycles. The first-order valence-electron chi connectivity index (χ1n) is 6.90. The number of hydrogen-bond acceptors (Lipinski definition) is 7. The van der Waals surface area contributed by atoms with Crippen LogP contribution >= 0.6 is 0 Å². The summed E-state index contributed by atoms with van der Waals surface area (Å²) in [6.45, 7) is 3.11. The molecule has 7 nitrogen and oxygen atoms in total. The van der Waals surface area contributed by atoms with Crippen molar-refractivity contribution < 1.29 is 14.0 Å². The number of rotatable bonds is 4. The van der Waals surface area contributed by atoms with Gasteiger partial charge in [0.1, 0.15) is 11.9 Å². The number of pyridine rings is 1. The molecule has 2 aromatic rings. The van der Waals surface area contributed by atoms with Crippen molar-refractivity contribution in [1.29, 1.82) is 0 Å². The quantitative estimate of drug-likeness (QED) is 0.916. The standard InChI is InChI=1S/C14H18N4O3/c1-9-16-14(21-18-9)10-3-5-15-13(7-10)17-11-4-6-20-8-12(11)19-2/h3,5,7,11-12H,4,6,8H2,1-2H3,(H,15,17). The lowest BCUT2D eigenvalue weighted by Crippen LogP contribution is -2.43. The van der Waals surface area contributed by atoms with E-state index in [1.54, 1.807) is 20.2 Å². The molecule has 0 bridgehead atoms. The average Bonchev–Trinajstić information content (AvgIpc) is 2.95. The molecule has 3 heterocycles. The van der Waals surface area contributed by atoms with E-state index in [-0.39, 0.29) is 12.1 Å². The predicted molar refractivity (Wildman–Crippen MR) is 75.9 cm³/mol. The molecule has 21 heavy (non-hydrogen) atoms. The zero-order chi connectivity index (χ0) is 14.7. The Labute approximate surface area is 122 Å². The van der Waals surface area contributed by atoms with Crippen molar-refractivity contribution in [1.82, 2.24) is 15.1 Å². The summed E-state index contributed by atoms with van der Waals surface area (Å²) in [5, 5.41) is 7.19. The number of aryl methyl sites for hydroxylation is 1. The van der Waals surface area contributed by atoms with Crippen LogP contribution in [0.3, 0.4) is 0 Å². The van der Waals surface area contributed by atoms with Crippen LogP contribution in [0.1, 0.15) is 12.2 Å². The summed E-state index contributed by atoms with van der Waals surface area (Å²) < 4.78 is 16.0. The van der Waals surface area contributed by atoms with E-state index in [0.717, 1.165) is 24.4 Å². The highest BCUT2D eigenvalue weighted by molar-refractivity contribution is 5.58. The van der Waals surface area contributed by atoms with E-state index in [9.17, 15) is 0 Å². The van der Waals surface area contributed by atoms with Gasteiger partial charge in [0, 0.05) is 25.5 Å². The second kappa shape index (κ2) is 6.19. The van der Waals surface area contributed by atoms with Crippen molar-refractivity contribution in [3.05, 3.63) is 24.2 Å². The first-order valence-corrected chi connectivity index (χ1v) is 6.90. The van der Waals surface area contributed by atoms with Crippen molar-refractivity contribution in [2.45, 2.75) is 25.5 Å². The van der Waals surface area contributed by atoms with E-state index in [0.29, 0.717) is 18.3 Å². The molecule has 0 aromatic carbocycles. The third kappa shape index (κ3) is 3.20.